The number of morpholine rings is 1. The third-order valence-corrected chi connectivity index (χ3v) is 7.71. The van der Waals surface area contributed by atoms with E-state index in [9.17, 15) is 18.0 Å². The van der Waals surface area contributed by atoms with Crippen LogP contribution in [0.5, 0.6) is 0 Å². The fourth-order valence-electron chi connectivity index (χ4n) is 4.16. The van der Waals surface area contributed by atoms with Crippen LogP contribution in [0, 0.1) is 5.92 Å². The molecule has 1 unspecified atom stereocenters. The van der Waals surface area contributed by atoms with Crippen molar-refractivity contribution in [2.24, 2.45) is 5.92 Å². The molecule has 1 atom stereocenters. The van der Waals surface area contributed by atoms with Crippen molar-refractivity contribution in [3.63, 3.8) is 0 Å². The van der Waals surface area contributed by atoms with Crippen LogP contribution in [0.4, 0.5) is 4.79 Å². The molecule has 2 saturated heterocycles. The first-order chi connectivity index (χ1) is 15.5. The summed E-state index contributed by atoms with van der Waals surface area (Å²) in [6.45, 7) is 8.16. The number of carbonyl (C=O) groups excluding carboxylic acids is 2. The SMILES string of the molecule is CN(CC1CCCN(C(=O)c2ccccc2S(=O)(=O)N2CCOCC2)C1)C(=O)OC(C)(C)C. The van der Waals surface area contributed by atoms with Crippen molar-refractivity contribution in [1.29, 1.82) is 0 Å². The third-order valence-electron chi connectivity index (χ3n) is 5.75. The third kappa shape index (κ3) is 6.45. The van der Waals surface area contributed by atoms with Gasteiger partial charge in [-0.1, -0.05) is 12.1 Å². The second-order valence-corrected chi connectivity index (χ2v) is 11.5. The van der Waals surface area contributed by atoms with Gasteiger partial charge in [-0.05, 0) is 51.7 Å². The van der Waals surface area contributed by atoms with Crippen molar-refractivity contribution in [2.75, 3.05) is 53.0 Å². The number of sulfonamides is 1. The summed E-state index contributed by atoms with van der Waals surface area (Å²) in [4.78, 5) is 29.0. The van der Waals surface area contributed by atoms with E-state index in [0.29, 0.717) is 32.8 Å². The summed E-state index contributed by atoms with van der Waals surface area (Å²) in [5.41, 5.74) is -0.389. The molecular weight excluding hydrogens is 446 g/mol. The van der Waals surface area contributed by atoms with Gasteiger partial charge in [0.25, 0.3) is 5.91 Å². The maximum absolute atomic E-state index is 13.4. The Kier molecular flexibility index (Phi) is 8.02. The lowest BCUT2D eigenvalue weighted by atomic mass is 9.97. The summed E-state index contributed by atoms with van der Waals surface area (Å²) >= 11 is 0. The second-order valence-electron chi connectivity index (χ2n) is 9.63. The molecule has 2 aliphatic heterocycles. The number of amides is 2. The Balaban J connectivity index is 1.72. The molecule has 0 aliphatic carbocycles. The highest BCUT2D eigenvalue weighted by molar-refractivity contribution is 7.89. The van der Waals surface area contributed by atoms with Crippen molar-refractivity contribution in [2.45, 2.75) is 44.1 Å². The Labute approximate surface area is 196 Å². The van der Waals surface area contributed by atoms with Crippen molar-refractivity contribution in [3.05, 3.63) is 29.8 Å². The van der Waals surface area contributed by atoms with E-state index < -0.39 is 21.7 Å². The van der Waals surface area contributed by atoms with E-state index in [1.807, 2.05) is 20.8 Å². The van der Waals surface area contributed by atoms with Gasteiger partial charge in [0, 0.05) is 39.8 Å². The van der Waals surface area contributed by atoms with Crippen LogP contribution in [0.25, 0.3) is 0 Å². The number of hydrogen-bond acceptors (Lipinski definition) is 6. The van der Waals surface area contributed by atoms with Gasteiger partial charge in [0.1, 0.15) is 5.60 Å². The topological polar surface area (TPSA) is 96.5 Å². The lowest BCUT2D eigenvalue weighted by molar-refractivity contribution is 0.0244. The molecule has 0 N–H and O–H groups in total. The van der Waals surface area contributed by atoms with Gasteiger partial charge in [0.15, 0.2) is 0 Å². The maximum atomic E-state index is 13.4. The van der Waals surface area contributed by atoms with Crippen LogP contribution >= 0.6 is 0 Å². The smallest absolute Gasteiger partial charge is 0.410 e. The fourth-order valence-corrected chi connectivity index (χ4v) is 5.76. The first-order valence-corrected chi connectivity index (χ1v) is 12.8. The summed E-state index contributed by atoms with van der Waals surface area (Å²) in [5, 5.41) is 0. The molecule has 10 heteroatoms. The summed E-state index contributed by atoms with van der Waals surface area (Å²) < 4.78 is 38.5. The van der Waals surface area contributed by atoms with Crippen LogP contribution in [-0.2, 0) is 19.5 Å². The van der Waals surface area contributed by atoms with Crippen molar-refractivity contribution < 1.29 is 27.5 Å². The largest absolute Gasteiger partial charge is 0.444 e. The molecule has 33 heavy (non-hydrogen) atoms. The minimum absolute atomic E-state index is 0.0323. The minimum Gasteiger partial charge on any atom is -0.444 e. The number of rotatable bonds is 5. The number of carbonyl (C=O) groups is 2. The molecule has 3 rings (SSSR count). The average molecular weight is 482 g/mol. The number of likely N-dealkylation sites (tertiary alicyclic amines) is 1. The summed E-state index contributed by atoms with van der Waals surface area (Å²) in [6, 6.07) is 6.39. The van der Waals surface area contributed by atoms with Crippen LogP contribution in [0.15, 0.2) is 29.2 Å². The highest BCUT2D eigenvalue weighted by Gasteiger charge is 2.33. The number of piperidine rings is 1. The first-order valence-electron chi connectivity index (χ1n) is 11.4. The summed E-state index contributed by atoms with van der Waals surface area (Å²) in [7, 11) is -2.11. The van der Waals surface area contributed by atoms with Gasteiger partial charge in [-0.15, -0.1) is 0 Å². The molecule has 2 aliphatic rings. The molecule has 2 fully saturated rings. The van der Waals surface area contributed by atoms with Crippen molar-refractivity contribution in [3.8, 4) is 0 Å². The average Bonchev–Trinajstić information content (AvgIpc) is 2.78. The van der Waals surface area contributed by atoms with E-state index in [-0.39, 0.29) is 35.4 Å². The molecule has 9 nitrogen and oxygen atoms in total. The predicted octanol–water partition coefficient (Wildman–Crippen LogP) is 2.43. The molecule has 2 amide bonds. The molecule has 0 radical (unpaired) electrons. The lowest BCUT2D eigenvalue weighted by Crippen LogP contribution is -2.45. The fraction of sp³-hybridized carbons (Fsp3) is 0.652. The Morgan fingerprint density at radius 3 is 2.48 bits per heavy atom. The number of benzene rings is 1. The van der Waals surface area contributed by atoms with Crippen LogP contribution in [0.2, 0.25) is 0 Å². The Morgan fingerprint density at radius 1 is 1.15 bits per heavy atom. The van der Waals surface area contributed by atoms with Crippen LogP contribution in [0.3, 0.4) is 0 Å². The van der Waals surface area contributed by atoms with Gasteiger partial charge in [0.2, 0.25) is 10.0 Å². The van der Waals surface area contributed by atoms with Gasteiger partial charge in [0.05, 0.1) is 23.7 Å². The highest BCUT2D eigenvalue weighted by Crippen LogP contribution is 2.25. The number of nitrogens with zero attached hydrogens (tertiary/aromatic N) is 3. The number of ether oxygens (including phenoxy) is 2. The quantitative estimate of drug-likeness (QED) is 0.641. The standard InChI is InChI=1S/C23H35N3O6S/c1-23(2,3)32-22(28)24(4)16-18-8-7-11-25(17-18)21(27)19-9-5-6-10-20(19)33(29,30)26-12-14-31-15-13-26/h5-6,9-10,18H,7-8,11-17H2,1-4H3. The summed E-state index contributed by atoms with van der Waals surface area (Å²) in [6.07, 6.45) is 1.27. The van der Waals surface area contributed by atoms with E-state index in [4.69, 9.17) is 9.47 Å². The first kappa shape index (κ1) is 25.5. The normalized spacial score (nSPS) is 20.4. The number of hydrogen-bond donors (Lipinski definition) is 0. The molecule has 1 aromatic rings. The highest BCUT2D eigenvalue weighted by atomic mass is 32.2. The second kappa shape index (κ2) is 10.4. The van der Waals surface area contributed by atoms with E-state index in [2.05, 4.69) is 0 Å². The molecule has 1 aromatic carbocycles. The van der Waals surface area contributed by atoms with Crippen molar-refractivity contribution >= 4 is 22.0 Å². The monoisotopic (exact) mass is 481 g/mol. The molecule has 184 valence electrons. The Hall–Kier alpha value is -2.17. The van der Waals surface area contributed by atoms with Crippen LogP contribution < -0.4 is 0 Å². The van der Waals surface area contributed by atoms with Gasteiger partial charge in [-0.3, -0.25) is 4.79 Å². The predicted molar refractivity (Wildman–Crippen MR) is 124 cm³/mol. The zero-order valence-electron chi connectivity index (χ0n) is 20.0. The van der Waals surface area contributed by atoms with Gasteiger partial charge in [-0.25, -0.2) is 13.2 Å². The van der Waals surface area contributed by atoms with E-state index >= 15 is 0 Å². The molecule has 2 heterocycles. The minimum atomic E-state index is -3.80. The van der Waals surface area contributed by atoms with Gasteiger partial charge in [-0.2, -0.15) is 4.31 Å². The molecule has 0 bridgehead atoms. The van der Waals surface area contributed by atoms with E-state index in [0.717, 1.165) is 12.8 Å². The Morgan fingerprint density at radius 2 is 1.82 bits per heavy atom. The van der Waals surface area contributed by atoms with E-state index in [1.54, 1.807) is 35.0 Å². The maximum Gasteiger partial charge on any atom is 0.410 e. The van der Waals surface area contributed by atoms with Crippen LogP contribution in [-0.4, -0.2) is 93.1 Å². The van der Waals surface area contributed by atoms with Crippen LogP contribution in [0.1, 0.15) is 44.0 Å². The van der Waals surface area contributed by atoms with Gasteiger partial charge >= 0.3 is 6.09 Å². The lowest BCUT2D eigenvalue weighted by Gasteiger charge is -2.35. The molecule has 0 saturated carbocycles. The molecular formula is C23H35N3O6S. The van der Waals surface area contributed by atoms with E-state index in [1.165, 1.54) is 10.4 Å². The van der Waals surface area contributed by atoms with Crippen molar-refractivity contribution in [1.82, 2.24) is 14.1 Å². The molecule has 0 spiro atoms. The summed E-state index contributed by atoms with van der Waals surface area (Å²) in [5.74, 6) is -0.213. The zero-order valence-corrected chi connectivity index (χ0v) is 20.8. The Bertz CT molecular complexity index is 953. The molecule has 0 aromatic heterocycles. The van der Waals surface area contributed by atoms with Gasteiger partial charge < -0.3 is 19.3 Å². The zero-order chi connectivity index (χ0) is 24.2.